The molecular formula is C12H16FN3O2. The fourth-order valence-electron chi connectivity index (χ4n) is 2.16. The van der Waals surface area contributed by atoms with E-state index in [1.807, 2.05) is 0 Å². The summed E-state index contributed by atoms with van der Waals surface area (Å²) in [4.78, 5) is 15.5. The predicted molar refractivity (Wildman–Crippen MR) is 64.3 cm³/mol. The van der Waals surface area contributed by atoms with E-state index in [-0.39, 0.29) is 17.4 Å². The molecule has 1 fully saturated rings. The summed E-state index contributed by atoms with van der Waals surface area (Å²) in [7, 11) is 0. The summed E-state index contributed by atoms with van der Waals surface area (Å²) in [5, 5.41) is 12.4. The fourth-order valence-corrected chi connectivity index (χ4v) is 2.16. The molecule has 1 amide bonds. The lowest BCUT2D eigenvalue weighted by molar-refractivity contribution is 0.0717. The normalized spacial score (nSPS) is 23.7. The number of nitrogen functional groups attached to an aromatic ring is 1. The summed E-state index contributed by atoms with van der Waals surface area (Å²) < 4.78 is 13.0. The number of hydrogen-bond donors (Lipinski definition) is 3. The molecule has 2 rings (SSSR count). The molecule has 0 saturated heterocycles. The number of carbonyl (C=O) groups is 1. The van der Waals surface area contributed by atoms with E-state index in [4.69, 9.17) is 5.73 Å². The van der Waals surface area contributed by atoms with Gasteiger partial charge in [-0.2, -0.15) is 0 Å². The van der Waals surface area contributed by atoms with Crippen molar-refractivity contribution in [2.24, 2.45) is 0 Å². The molecule has 0 aliphatic heterocycles. The number of aromatic nitrogens is 1. The van der Waals surface area contributed by atoms with E-state index >= 15 is 0 Å². The van der Waals surface area contributed by atoms with Gasteiger partial charge < -0.3 is 16.2 Å². The van der Waals surface area contributed by atoms with Crippen LogP contribution in [0.3, 0.4) is 0 Å². The summed E-state index contributed by atoms with van der Waals surface area (Å²) in [5.74, 6) is -1.12. The first-order valence-electron chi connectivity index (χ1n) is 5.98. The van der Waals surface area contributed by atoms with Crippen LogP contribution in [0.2, 0.25) is 0 Å². The molecule has 2 unspecified atom stereocenters. The van der Waals surface area contributed by atoms with E-state index in [0.717, 1.165) is 31.5 Å². The summed E-state index contributed by atoms with van der Waals surface area (Å²) in [6, 6.07) is 0.751. The molecular weight excluding hydrogens is 237 g/mol. The van der Waals surface area contributed by atoms with Crippen molar-refractivity contribution in [2.75, 3.05) is 5.73 Å². The lowest BCUT2D eigenvalue weighted by atomic mass is 9.92. The largest absolute Gasteiger partial charge is 0.391 e. The molecule has 5 nitrogen and oxygen atoms in total. The number of anilines is 1. The summed E-state index contributed by atoms with van der Waals surface area (Å²) in [5.41, 5.74) is 5.54. The van der Waals surface area contributed by atoms with E-state index < -0.39 is 17.8 Å². The highest BCUT2D eigenvalue weighted by Gasteiger charge is 2.25. The van der Waals surface area contributed by atoms with Crippen LogP contribution >= 0.6 is 0 Å². The van der Waals surface area contributed by atoms with Crippen molar-refractivity contribution < 1.29 is 14.3 Å². The molecule has 1 aliphatic carbocycles. The minimum absolute atomic E-state index is 0.00720. The number of nitrogens with two attached hydrogens (primary N) is 1. The SMILES string of the molecule is Nc1ncc(F)cc1C(=O)NC1CCCCC1O. The minimum atomic E-state index is -0.612. The molecule has 1 heterocycles. The van der Waals surface area contributed by atoms with Crippen LogP contribution in [0, 0.1) is 5.82 Å². The van der Waals surface area contributed by atoms with Crippen molar-refractivity contribution in [2.45, 2.75) is 37.8 Å². The van der Waals surface area contributed by atoms with Crippen molar-refractivity contribution in [1.82, 2.24) is 10.3 Å². The number of aliphatic hydroxyl groups is 1. The monoisotopic (exact) mass is 253 g/mol. The van der Waals surface area contributed by atoms with Crippen LogP contribution in [0.4, 0.5) is 10.2 Å². The second-order valence-electron chi connectivity index (χ2n) is 4.52. The van der Waals surface area contributed by atoms with E-state index in [9.17, 15) is 14.3 Å². The van der Waals surface area contributed by atoms with Gasteiger partial charge in [-0.05, 0) is 18.9 Å². The highest BCUT2D eigenvalue weighted by molar-refractivity contribution is 5.98. The Labute approximate surface area is 104 Å². The van der Waals surface area contributed by atoms with E-state index in [1.165, 1.54) is 0 Å². The molecule has 1 aromatic heterocycles. The first-order valence-corrected chi connectivity index (χ1v) is 5.98. The zero-order valence-electron chi connectivity index (χ0n) is 9.90. The molecule has 0 aromatic carbocycles. The lowest BCUT2D eigenvalue weighted by Gasteiger charge is -2.28. The Morgan fingerprint density at radius 3 is 2.94 bits per heavy atom. The zero-order valence-corrected chi connectivity index (χ0v) is 9.90. The number of pyridine rings is 1. The molecule has 0 bridgehead atoms. The van der Waals surface area contributed by atoms with Crippen molar-refractivity contribution in [3.8, 4) is 0 Å². The van der Waals surface area contributed by atoms with Gasteiger partial charge in [0, 0.05) is 0 Å². The molecule has 0 radical (unpaired) electrons. The van der Waals surface area contributed by atoms with Gasteiger partial charge in [-0.1, -0.05) is 12.8 Å². The third-order valence-corrected chi connectivity index (χ3v) is 3.18. The van der Waals surface area contributed by atoms with E-state index in [0.29, 0.717) is 6.42 Å². The smallest absolute Gasteiger partial charge is 0.255 e. The number of nitrogens with one attached hydrogen (secondary N) is 1. The van der Waals surface area contributed by atoms with Gasteiger partial charge in [0.1, 0.15) is 11.6 Å². The minimum Gasteiger partial charge on any atom is -0.391 e. The van der Waals surface area contributed by atoms with Crippen LogP contribution in [0.1, 0.15) is 36.0 Å². The van der Waals surface area contributed by atoms with Crippen molar-refractivity contribution in [3.63, 3.8) is 0 Å². The van der Waals surface area contributed by atoms with Gasteiger partial charge in [-0.3, -0.25) is 4.79 Å². The molecule has 1 aliphatic rings. The highest BCUT2D eigenvalue weighted by Crippen LogP contribution is 2.19. The highest BCUT2D eigenvalue weighted by atomic mass is 19.1. The molecule has 6 heteroatoms. The maximum atomic E-state index is 13.0. The van der Waals surface area contributed by atoms with Crippen LogP contribution < -0.4 is 11.1 Å². The summed E-state index contributed by atoms with van der Waals surface area (Å²) >= 11 is 0. The van der Waals surface area contributed by atoms with E-state index in [2.05, 4.69) is 10.3 Å². The fraction of sp³-hybridized carbons (Fsp3) is 0.500. The van der Waals surface area contributed by atoms with Gasteiger partial charge >= 0.3 is 0 Å². The molecule has 0 spiro atoms. The second-order valence-corrected chi connectivity index (χ2v) is 4.52. The first kappa shape index (κ1) is 12.8. The molecule has 1 aromatic rings. The zero-order chi connectivity index (χ0) is 13.1. The molecule has 2 atom stereocenters. The number of hydrogen-bond acceptors (Lipinski definition) is 4. The predicted octanol–water partition coefficient (Wildman–Crippen LogP) is 0.836. The Hall–Kier alpha value is -1.69. The Balaban J connectivity index is 2.09. The van der Waals surface area contributed by atoms with Crippen molar-refractivity contribution in [3.05, 3.63) is 23.6 Å². The molecule has 18 heavy (non-hydrogen) atoms. The van der Waals surface area contributed by atoms with Gasteiger partial charge in [-0.25, -0.2) is 9.37 Å². The Kier molecular flexibility index (Phi) is 3.76. The van der Waals surface area contributed by atoms with Crippen LogP contribution in [0.5, 0.6) is 0 Å². The Bertz CT molecular complexity index is 453. The third-order valence-electron chi connectivity index (χ3n) is 3.18. The topological polar surface area (TPSA) is 88.2 Å². The van der Waals surface area contributed by atoms with Gasteiger partial charge in [0.15, 0.2) is 0 Å². The average molecular weight is 253 g/mol. The number of nitrogens with zero attached hydrogens (tertiary/aromatic N) is 1. The Morgan fingerprint density at radius 1 is 1.50 bits per heavy atom. The number of aliphatic hydroxyl groups excluding tert-OH is 1. The van der Waals surface area contributed by atoms with Gasteiger partial charge in [0.05, 0.1) is 23.9 Å². The van der Waals surface area contributed by atoms with Crippen LogP contribution in [0.25, 0.3) is 0 Å². The number of halogens is 1. The van der Waals surface area contributed by atoms with Gasteiger partial charge in [-0.15, -0.1) is 0 Å². The number of carbonyl (C=O) groups excluding carboxylic acids is 1. The third kappa shape index (κ3) is 2.76. The van der Waals surface area contributed by atoms with Gasteiger partial charge in [0.2, 0.25) is 0 Å². The summed E-state index contributed by atoms with van der Waals surface area (Å²) in [6.07, 6.45) is 3.71. The molecule has 1 saturated carbocycles. The number of amides is 1. The Morgan fingerprint density at radius 2 is 2.22 bits per heavy atom. The van der Waals surface area contributed by atoms with Gasteiger partial charge in [0.25, 0.3) is 5.91 Å². The molecule has 98 valence electrons. The standard InChI is InChI=1S/C12H16FN3O2/c13-7-5-8(11(14)15-6-7)12(18)16-9-3-1-2-4-10(9)17/h5-6,9-10,17H,1-4H2,(H2,14,15)(H,16,18). The van der Waals surface area contributed by atoms with Crippen LogP contribution in [0.15, 0.2) is 12.3 Å². The first-order chi connectivity index (χ1) is 8.58. The maximum absolute atomic E-state index is 13.0. The average Bonchev–Trinajstić information content (AvgIpc) is 2.35. The number of rotatable bonds is 2. The maximum Gasteiger partial charge on any atom is 0.255 e. The van der Waals surface area contributed by atoms with E-state index in [1.54, 1.807) is 0 Å². The van der Waals surface area contributed by atoms with Crippen LogP contribution in [-0.4, -0.2) is 28.1 Å². The summed E-state index contributed by atoms with van der Waals surface area (Å²) in [6.45, 7) is 0. The van der Waals surface area contributed by atoms with Crippen LogP contribution in [-0.2, 0) is 0 Å². The van der Waals surface area contributed by atoms with Crippen molar-refractivity contribution in [1.29, 1.82) is 0 Å². The quantitative estimate of drug-likeness (QED) is 0.728. The second kappa shape index (κ2) is 5.30. The molecule has 4 N–H and O–H groups in total. The lowest BCUT2D eigenvalue weighted by Crippen LogP contribution is -2.45. The van der Waals surface area contributed by atoms with Crippen molar-refractivity contribution >= 4 is 11.7 Å².